The Kier molecular flexibility index (Phi) is 5.09. The minimum absolute atomic E-state index is 0.663. The third-order valence-corrected chi connectivity index (χ3v) is 3.99. The molecule has 0 radical (unpaired) electrons. The molecule has 1 heterocycles. The molecule has 2 rings (SSSR count). The van der Waals surface area contributed by atoms with Gasteiger partial charge in [0.25, 0.3) is 0 Å². The van der Waals surface area contributed by atoms with E-state index in [-0.39, 0.29) is 0 Å². The van der Waals surface area contributed by atoms with Crippen molar-refractivity contribution in [3.63, 3.8) is 0 Å². The lowest BCUT2D eigenvalue weighted by Crippen LogP contribution is -3.26. The van der Waals surface area contributed by atoms with E-state index in [1.165, 1.54) is 31.7 Å². The highest BCUT2D eigenvalue weighted by Gasteiger charge is 2.21. The normalized spacial score (nSPS) is 22.4. The first-order valence-electron chi connectivity index (χ1n) is 7.11. The lowest BCUT2D eigenvalue weighted by Gasteiger charge is -2.27. The molecule has 1 aromatic carbocycles. The van der Waals surface area contributed by atoms with Crippen molar-refractivity contribution in [2.24, 2.45) is 0 Å². The standard InChI is InChI=1S/C15H24N2O3/c1-16-5-7-17(8-6-16)11-12-9-13(18-2)15(20-4)14(10-12)19-3/h9-10H,5-8,11H2,1-4H3/p+2. The van der Waals surface area contributed by atoms with Crippen LogP contribution >= 0.6 is 0 Å². The number of likely N-dealkylation sites (N-methyl/N-ethyl adjacent to an activating group) is 1. The molecule has 0 bridgehead atoms. The van der Waals surface area contributed by atoms with Crippen LogP contribution in [0.3, 0.4) is 0 Å². The van der Waals surface area contributed by atoms with E-state index in [9.17, 15) is 0 Å². The Morgan fingerprint density at radius 3 is 1.90 bits per heavy atom. The number of ether oxygens (including phenoxy) is 3. The summed E-state index contributed by atoms with van der Waals surface area (Å²) in [5, 5.41) is 0. The lowest BCUT2D eigenvalue weighted by molar-refractivity contribution is -1.01. The molecule has 1 aromatic rings. The quantitative estimate of drug-likeness (QED) is 0.699. The van der Waals surface area contributed by atoms with Crippen LogP contribution in [0.25, 0.3) is 0 Å². The van der Waals surface area contributed by atoms with E-state index in [4.69, 9.17) is 14.2 Å². The average Bonchev–Trinajstić information content (AvgIpc) is 2.48. The van der Waals surface area contributed by atoms with Crippen LogP contribution in [0.5, 0.6) is 17.2 Å². The van der Waals surface area contributed by atoms with Crippen LogP contribution in [-0.4, -0.2) is 54.6 Å². The molecule has 0 aromatic heterocycles. The van der Waals surface area contributed by atoms with Crippen LogP contribution in [0.4, 0.5) is 0 Å². The molecule has 1 saturated heterocycles. The van der Waals surface area contributed by atoms with Gasteiger partial charge in [-0.15, -0.1) is 0 Å². The molecule has 20 heavy (non-hydrogen) atoms. The van der Waals surface area contributed by atoms with Gasteiger partial charge in [0.15, 0.2) is 11.5 Å². The second kappa shape index (κ2) is 6.81. The zero-order chi connectivity index (χ0) is 14.5. The molecule has 112 valence electrons. The van der Waals surface area contributed by atoms with Gasteiger partial charge in [-0.25, -0.2) is 0 Å². The van der Waals surface area contributed by atoms with Crippen molar-refractivity contribution in [1.29, 1.82) is 0 Å². The summed E-state index contributed by atoms with van der Waals surface area (Å²) >= 11 is 0. The summed E-state index contributed by atoms with van der Waals surface area (Å²) in [5.74, 6) is 2.14. The molecular formula is C15H26N2O3+2. The molecule has 5 nitrogen and oxygen atoms in total. The fourth-order valence-electron chi connectivity index (χ4n) is 2.73. The maximum atomic E-state index is 5.41. The van der Waals surface area contributed by atoms with Gasteiger partial charge in [-0.3, -0.25) is 0 Å². The Balaban J connectivity index is 2.15. The maximum Gasteiger partial charge on any atom is 0.203 e. The topological polar surface area (TPSA) is 36.6 Å². The van der Waals surface area contributed by atoms with Gasteiger partial charge in [0, 0.05) is 5.56 Å². The fraction of sp³-hybridized carbons (Fsp3) is 0.600. The third kappa shape index (κ3) is 3.35. The molecule has 0 atom stereocenters. The van der Waals surface area contributed by atoms with E-state index in [0.717, 1.165) is 18.0 Å². The van der Waals surface area contributed by atoms with Crippen LogP contribution in [0, 0.1) is 0 Å². The number of methoxy groups -OCH3 is 3. The SMILES string of the molecule is COc1cc(C[NH+]2CC[NH+](C)CC2)cc(OC)c1OC. The Morgan fingerprint density at radius 2 is 1.45 bits per heavy atom. The Bertz CT molecular complexity index is 418. The van der Waals surface area contributed by atoms with Crippen molar-refractivity contribution in [2.75, 3.05) is 54.6 Å². The summed E-state index contributed by atoms with van der Waals surface area (Å²) < 4.78 is 16.2. The van der Waals surface area contributed by atoms with Gasteiger partial charge in [0.05, 0.1) is 28.4 Å². The van der Waals surface area contributed by atoms with Crippen molar-refractivity contribution < 1.29 is 24.0 Å². The van der Waals surface area contributed by atoms with Gasteiger partial charge in [0.2, 0.25) is 5.75 Å². The first-order valence-corrected chi connectivity index (χ1v) is 7.11. The van der Waals surface area contributed by atoms with E-state index in [2.05, 4.69) is 19.2 Å². The largest absolute Gasteiger partial charge is 0.493 e. The van der Waals surface area contributed by atoms with Gasteiger partial charge >= 0.3 is 0 Å². The number of piperazine rings is 1. The van der Waals surface area contributed by atoms with Crippen molar-refractivity contribution >= 4 is 0 Å². The summed E-state index contributed by atoms with van der Waals surface area (Å²) in [4.78, 5) is 3.24. The summed E-state index contributed by atoms with van der Waals surface area (Å²) in [7, 11) is 7.21. The molecule has 0 amide bonds. The minimum atomic E-state index is 0.663. The first-order chi connectivity index (χ1) is 9.67. The molecule has 2 N–H and O–H groups in total. The number of benzene rings is 1. The smallest absolute Gasteiger partial charge is 0.203 e. The van der Waals surface area contributed by atoms with Gasteiger partial charge in [-0.2, -0.15) is 0 Å². The molecular weight excluding hydrogens is 256 g/mol. The minimum Gasteiger partial charge on any atom is -0.493 e. The highest BCUT2D eigenvalue weighted by molar-refractivity contribution is 5.53. The fourth-order valence-corrected chi connectivity index (χ4v) is 2.73. The third-order valence-electron chi connectivity index (χ3n) is 3.99. The van der Waals surface area contributed by atoms with Crippen LogP contribution < -0.4 is 24.0 Å². The van der Waals surface area contributed by atoms with Crippen molar-refractivity contribution in [3.8, 4) is 17.2 Å². The van der Waals surface area contributed by atoms with Gasteiger partial charge in [-0.1, -0.05) is 0 Å². The number of rotatable bonds is 5. The Labute approximate surface area is 121 Å². The number of quaternary nitrogens is 2. The van der Waals surface area contributed by atoms with Crippen LogP contribution in [0.2, 0.25) is 0 Å². The summed E-state index contributed by atoms with van der Waals surface area (Å²) in [6.45, 7) is 5.90. The summed E-state index contributed by atoms with van der Waals surface area (Å²) in [5.41, 5.74) is 1.23. The molecule has 0 saturated carbocycles. The summed E-state index contributed by atoms with van der Waals surface area (Å²) in [6, 6.07) is 4.11. The van der Waals surface area contributed by atoms with E-state index in [1.807, 2.05) is 0 Å². The van der Waals surface area contributed by atoms with Gasteiger partial charge in [0.1, 0.15) is 32.7 Å². The monoisotopic (exact) mass is 282 g/mol. The first kappa shape index (κ1) is 14.9. The molecule has 1 fully saturated rings. The van der Waals surface area contributed by atoms with E-state index in [1.54, 1.807) is 31.1 Å². The maximum absolute atomic E-state index is 5.41. The average molecular weight is 282 g/mol. The van der Waals surface area contributed by atoms with E-state index in [0.29, 0.717) is 5.75 Å². The molecule has 0 spiro atoms. The van der Waals surface area contributed by atoms with Crippen molar-refractivity contribution in [1.82, 2.24) is 0 Å². The van der Waals surface area contributed by atoms with Gasteiger partial charge < -0.3 is 24.0 Å². The van der Waals surface area contributed by atoms with Crippen LogP contribution in [-0.2, 0) is 6.54 Å². The molecule has 1 aliphatic heterocycles. The lowest BCUT2D eigenvalue weighted by atomic mass is 10.1. The van der Waals surface area contributed by atoms with E-state index >= 15 is 0 Å². The Morgan fingerprint density at radius 1 is 0.900 bits per heavy atom. The Hall–Kier alpha value is -1.46. The summed E-state index contributed by atoms with van der Waals surface area (Å²) in [6.07, 6.45) is 0. The van der Waals surface area contributed by atoms with Crippen LogP contribution in [0.1, 0.15) is 5.56 Å². The number of hydrogen-bond acceptors (Lipinski definition) is 3. The zero-order valence-corrected chi connectivity index (χ0v) is 12.9. The van der Waals surface area contributed by atoms with Crippen LogP contribution in [0.15, 0.2) is 12.1 Å². The molecule has 1 aliphatic rings. The highest BCUT2D eigenvalue weighted by atomic mass is 16.5. The number of nitrogens with one attached hydrogen (secondary N) is 2. The van der Waals surface area contributed by atoms with Crippen molar-refractivity contribution in [2.45, 2.75) is 6.54 Å². The molecule has 0 aliphatic carbocycles. The van der Waals surface area contributed by atoms with E-state index < -0.39 is 0 Å². The zero-order valence-electron chi connectivity index (χ0n) is 12.9. The van der Waals surface area contributed by atoms with Gasteiger partial charge in [-0.05, 0) is 12.1 Å². The predicted octanol–water partition coefficient (Wildman–Crippen LogP) is -1.37. The predicted molar refractivity (Wildman–Crippen MR) is 77.1 cm³/mol. The highest BCUT2D eigenvalue weighted by Crippen LogP contribution is 2.37. The molecule has 5 heteroatoms. The molecule has 0 unspecified atom stereocenters. The second-order valence-electron chi connectivity index (χ2n) is 5.42. The number of hydrogen-bond donors (Lipinski definition) is 2. The second-order valence-corrected chi connectivity index (χ2v) is 5.42. The van der Waals surface area contributed by atoms with Crippen molar-refractivity contribution in [3.05, 3.63) is 17.7 Å².